The van der Waals surface area contributed by atoms with Crippen molar-refractivity contribution in [1.29, 1.82) is 0 Å². The second kappa shape index (κ2) is 5.53. The van der Waals surface area contributed by atoms with E-state index < -0.39 is 0 Å². The molecule has 0 heterocycles. The molecule has 17 heavy (non-hydrogen) atoms. The summed E-state index contributed by atoms with van der Waals surface area (Å²) in [6.45, 7) is 11.0. The molecule has 0 bridgehead atoms. The van der Waals surface area contributed by atoms with E-state index in [-0.39, 0.29) is 6.04 Å². The topological polar surface area (TPSA) is 26.0 Å². The average molecular weight is 298 g/mol. The molecule has 0 spiro atoms. The van der Waals surface area contributed by atoms with Gasteiger partial charge in [0, 0.05) is 10.5 Å². The molecule has 0 aliphatic rings. The Balaban J connectivity index is 2.82. The second-order valence-corrected chi connectivity index (χ2v) is 7.02. The standard InChI is InChI=1S/C15H24BrN/c1-10-9-13(16)11(2)8-12(10)14(17)6-7-15(3,4)5/h8-9,14H,6-7,17H2,1-5H3. The lowest BCUT2D eigenvalue weighted by molar-refractivity contribution is 0.349. The lowest BCUT2D eigenvalue weighted by Crippen LogP contribution is -2.16. The fraction of sp³-hybridized carbons (Fsp3) is 0.600. The van der Waals surface area contributed by atoms with E-state index in [1.54, 1.807) is 0 Å². The number of hydrogen-bond donors (Lipinski definition) is 1. The monoisotopic (exact) mass is 297 g/mol. The predicted octanol–water partition coefficient (Wildman–Crippen LogP) is 4.89. The summed E-state index contributed by atoms with van der Waals surface area (Å²) in [4.78, 5) is 0. The van der Waals surface area contributed by atoms with Gasteiger partial charge >= 0.3 is 0 Å². The summed E-state index contributed by atoms with van der Waals surface area (Å²) >= 11 is 3.56. The summed E-state index contributed by atoms with van der Waals surface area (Å²) in [5.74, 6) is 0. The van der Waals surface area contributed by atoms with E-state index in [9.17, 15) is 0 Å². The number of aryl methyl sites for hydroxylation is 2. The Morgan fingerprint density at radius 1 is 1.18 bits per heavy atom. The van der Waals surface area contributed by atoms with E-state index in [0.717, 1.165) is 12.8 Å². The maximum atomic E-state index is 6.31. The fourth-order valence-electron chi connectivity index (χ4n) is 1.95. The van der Waals surface area contributed by atoms with Gasteiger partial charge in [0.2, 0.25) is 0 Å². The van der Waals surface area contributed by atoms with Gasteiger partial charge in [-0.25, -0.2) is 0 Å². The molecule has 1 unspecified atom stereocenters. The molecule has 1 aromatic carbocycles. The molecule has 2 N–H and O–H groups in total. The normalized spacial score (nSPS) is 13.8. The zero-order chi connectivity index (χ0) is 13.2. The Hall–Kier alpha value is -0.340. The van der Waals surface area contributed by atoms with Crippen molar-refractivity contribution in [2.45, 2.75) is 53.5 Å². The molecule has 1 nitrogen and oxygen atoms in total. The van der Waals surface area contributed by atoms with Crippen molar-refractivity contribution >= 4 is 15.9 Å². The molecule has 2 heteroatoms. The summed E-state index contributed by atoms with van der Waals surface area (Å²) in [6.07, 6.45) is 2.20. The van der Waals surface area contributed by atoms with Gasteiger partial charge in [0.15, 0.2) is 0 Å². The van der Waals surface area contributed by atoms with Gasteiger partial charge in [0.05, 0.1) is 0 Å². The first-order valence-corrected chi connectivity index (χ1v) is 7.02. The minimum Gasteiger partial charge on any atom is -0.324 e. The van der Waals surface area contributed by atoms with Gasteiger partial charge in [-0.15, -0.1) is 0 Å². The van der Waals surface area contributed by atoms with E-state index in [2.05, 4.69) is 62.7 Å². The van der Waals surface area contributed by atoms with E-state index in [4.69, 9.17) is 5.73 Å². The van der Waals surface area contributed by atoms with Crippen molar-refractivity contribution in [3.63, 3.8) is 0 Å². The molecule has 0 radical (unpaired) electrons. The molecule has 0 saturated carbocycles. The van der Waals surface area contributed by atoms with Crippen LogP contribution in [-0.4, -0.2) is 0 Å². The van der Waals surface area contributed by atoms with Crippen LogP contribution in [-0.2, 0) is 0 Å². The molecule has 0 amide bonds. The first-order valence-electron chi connectivity index (χ1n) is 6.23. The summed E-state index contributed by atoms with van der Waals surface area (Å²) in [5.41, 5.74) is 10.5. The van der Waals surface area contributed by atoms with Crippen molar-refractivity contribution in [2.24, 2.45) is 11.1 Å². The van der Waals surface area contributed by atoms with Crippen LogP contribution in [0, 0.1) is 19.3 Å². The lowest BCUT2D eigenvalue weighted by atomic mass is 9.86. The van der Waals surface area contributed by atoms with E-state index in [1.165, 1.54) is 21.2 Å². The highest BCUT2D eigenvalue weighted by molar-refractivity contribution is 9.10. The van der Waals surface area contributed by atoms with Gasteiger partial charge in [-0.1, -0.05) is 42.8 Å². The van der Waals surface area contributed by atoms with Crippen molar-refractivity contribution in [3.8, 4) is 0 Å². The Morgan fingerprint density at radius 3 is 2.29 bits per heavy atom. The summed E-state index contributed by atoms with van der Waals surface area (Å²) in [5, 5.41) is 0. The number of benzene rings is 1. The third kappa shape index (κ3) is 4.44. The third-order valence-electron chi connectivity index (χ3n) is 3.15. The molecule has 0 aliphatic heterocycles. The number of nitrogens with two attached hydrogens (primary N) is 1. The Bertz CT molecular complexity index is 391. The van der Waals surface area contributed by atoms with Crippen LogP contribution in [0.4, 0.5) is 0 Å². The Labute approximate surface area is 114 Å². The van der Waals surface area contributed by atoms with Gasteiger partial charge in [0.25, 0.3) is 0 Å². The van der Waals surface area contributed by atoms with Gasteiger partial charge in [0.1, 0.15) is 0 Å². The van der Waals surface area contributed by atoms with E-state index >= 15 is 0 Å². The van der Waals surface area contributed by atoms with E-state index in [0.29, 0.717) is 5.41 Å². The molecule has 0 aliphatic carbocycles. The first-order chi connectivity index (χ1) is 7.70. The van der Waals surface area contributed by atoms with Gasteiger partial charge in [-0.3, -0.25) is 0 Å². The minimum absolute atomic E-state index is 0.154. The Morgan fingerprint density at radius 2 is 1.76 bits per heavy atom. The van der Waals surface area contributed by atoms with Gasteiger partial charge in [-0.2, -0.15) is 0 Å². The molecular formula is C15H24BrN. The van der Waals surface area contributed by atoms with Crippen molar-refractivity contribution < 1.29 is 0 Å². The molecule has 1 aromatic rings. The SMILES string of the molecule is Cc1cc(C(N)CCC(C)(C)C)c(C)cc1Br. The number of rotatable bonds is 3. The molecule has 0 saturated heterocycles. The minimum atomic E-state index is 0.154. The molecule has 96 valence electrons. The first kappa shape index (κ1) is 14.7. The Kier molecular flexibility index (Phi) is 4.79. The summed E-state index contributed by atoms with van der Waals surface area (Å²) in [7, 11) is 0. The van der Waals surface area contributed by atoms with Crippen LogP contribution >= 0.6 is 15.9 Å². The van der Waals surface area contributed by atoms with Crippen LogP contribution in [0.3, 0.4) is 0 Å². The zero-order valence-electron chi connectivity index (χ0n) is 11.6. The number of hydrogen-bond acceptors (Lipinski definition) is 1. The second-order valence-electron chi connectivity index (χ2n) is 6.16. The quantitative estimate of drug-likeness (QED) is 0.844. The molecular weight excluding hydrogens is 274 g/mol. The van der Waals surface area contributed by atoms with Gasteiger partial charge in [-0.05, 0) is 54.9 Å². The highest BCUT2D eigenvalue weighted by Gasteiger charge is 2.15. The molecule has 0 aromatic heterocycles. The number of halogens is 1. The highest BCUT2D eigenvalue weighted by Crippen LogP contribution is 2.29. The predicted molar refractivity (Wildman–Crippen MR) is 79.2 cm³/mol. The van der Waals surface area contributed by atoms with Crippen LogP contribution in [0.2, 0.25) is 0 Å². The van der Waals surface area contributed by atoms with Crippen LogP contribution in [0.15, 0.2) is 16.6 Å². The molecule has 0 fully saturated rings. The van der Waals surface area contributed by atoms with Crippen LogP contribution < -0.4 is 5.73 Å². The van der Waals surface area contributed by atoms with Crippen molar-refractivity contribution in [3.05, 3.63) is 33.3 Å². The zero-order valence-corrected chi connectivity index (χ0v) is 13.2. The fourth-order valence-corrected chi connectivity index (χ4v) is 2.40. The van der Waals surface area contributed by atoms with E-state index in [1.807, 2.05) is 0 Å². The lowest BCUT2D eigenvalue weighted by Gasteiger charge is -2.22. The molecule has 1 rings (SSSR count). The largest absolute Gasteiger partial charge is 0.324 e. The summed E-state index contributed by atoms with van der Waals surface area (Å²) < 4.78 is 1.17. The third-order valence-corrected chi connectivity index (χ3v) is 4.01. The summed E-state index contributed by atoms with van der Waals surface area (Å²) in [6, 6.07) is 4.54. The van der Waals surface area contributed by atoms with Crippen molar-refractivity contribution in [2.75, 3.05) is 0 Å². The van der Waals surface area contributed by atoms with Crippen molar-refractivity contribution in [1.82, 2.24) is 0 Å². The van der Waals surface area contributed by atoms with Crippen LogP contribution in [0.5, 0.6) is 0 Å². The van der Waals surface area contributed by atoms with Crippen LogP contribution in [0.25, 0.3) is 0 Å². The maximum Gasteiger partial charge on any atom is 0.0297 e. The van der Waals surface area contributed by atoms with Crippen LogP contribution in [0.1, 0.15) is 56.3 Å². The van der Waals surface area contributed by atoms with Gasteiger partial charge < -0.3 is 5.73 Å². The maximum absolute atomic E-state index is 6.31. The average Bonchev–Trinajstić information content (AvgIpc) is 2.19. The smallest absolute Gasteiger partial charge is 0.0297 e. The highest BCUT2D eigenvalue weighted by atomic mass is 79.9. The molecule has 1 atom stereocenters.